The van der Waals surface area contributed by atoms with Crippen LogP contribution in [0.2, 0.25) is 0 Å². The first-order chi connectivity index (χ1) is 14.0. The van der Waals surface area contributed by atoms with Gasteiger partial charge in [0.1, 0.15) is 11.9 Å². The number of hydrogen-bond donors (Lipinski definition) is 3. The second-order valence-corrected chi connectivity index (χ2v) is 7.09. The highest BCUT2D eigenvalue weighted by Gasteiger charge is 2.45. The van der Waals surface area contributed by atoms with E-state index in [2.05, 4.69) is 32.1 Å². The van der Waals surface area contributed by atoms with Gasteiger partial charge in [0, 0.05) is 18.5 Å². The molecule has 3 aromatic rings. The lowest BCUT2D eigenvalue weighted by molar-refractivity contribution is -0.124. The van der Waals surface area contributed by atoms with Crippen molar-refractivity contribution >= 4 is 22.8 Å². The van der Waals surface area contributed by atoms with E-state index >= 15 is 0 Å². The first-order valence-corrected chi connectivity index (χ1v) is 9.35. The Kier molecular flexibility index (Phi) is 5.01. The van der Waals surface area contributed by atoms with Crippen LogP contribution in [-0.2, 0) is 4.79 Å². The van der Waals surface area contributed by atoms with Gasteiger partial charge in [-0.1, -0.05) is 24.1 Å². The SMILES string of the molecule is CNc1nc(C#Cc2ccccc2)nc2c1ncn2[C@@H]1C[C@H](C(C)=O)C(O)[C@H]1O. The van der Waals surface area contributed by atoms with Crippen molar-refractivity contribution in [2.45, 2.75) is 31.6 Å². The lowest BCUT2D eigenvalue weighted by atomic mass is 10.0. The molecule has 1 unspecified atom stereocenters. The molecule has 0 amide bonds. The number of benzene rings is 1. The highest BCUT2D eigenvalue weighted by molar-refractivity contribution is 5.83. The second-order valence-electron chi connectivity index (χ2n) is 7.09. The van der Waals surface area contributed by atoms with Gasteiger partial charge in [-0.25, -0.2) is 15.0 Å². The summed E-state index contributed by atoms with van der Waals surface area (Å²) in [4.78, 5) is 25.1. The number of imidazole rings is 1. The van der Waals surface area contributed by atoms with E-state index in [-0.39, 0.29) is 5.78 Å². The molecule has 8 heteroatoms. The molecule has 1 fully saturated rings. The third-order valence-electron chi connectivity index (χ3n) is 5.28. The summed E-state index contributed by atoms with van der Waals surface area (Å²) in [5.41, 5.74) is 1.86. The summed E-state index contributed by atoms with van der Waals surface area (Å²) in [6.07, 6.45) is -0.337. The summed E-state index contributed by atoms with van der Waals surface area (Å²) in [7, 11) is 1.73. The molecule has 8 nitrogen and oxygen atoms in total. The van der Waals surface area contributed by atoms with E-state index in [0.717, 1.165) is 5.56 Å². The Morgan fingerprint density at radius 1 is 1.17 bits per heavy atom. The standard InChI is InChI=1S/C21H21N5O3/c1-12(27)14-10-15(19(29)18(14)28)26-11-23-17-20(22-2)24-16(25-21(17)26)9-8-13-6-4-3-5-7-13/h3-7,11,14-15,18-19,28-29H,10H2,1-2H3,(H,22,24,25)/t14-,15-,18?,19+/m1/s1. The summed E-state index contributed by atoms with van der Waals surface area (Å²) < 4.78 is 1.70. The molecule has 0 saturated heterocycles. The largest absolute Gasteiger partial charge is 0.390 e. The number of ketones is 1. The zero-order chi connectivity index (χ0) is 20.5. The summed E-state index contributed by atoms with van der Waals surface area (Å²) >= 11 is 0. The van der Waals surface area contributed by atoms with Crippen LogP contribution in [0.5, 0.6) is 0 Å². The number of Topliss-reactive ketones (excluding diaryl/α,β-unsaturated/α-hetero) is 1. The van der Waals surface area contributed by atoms with Gasteiger partial charge in [0.05, 0.1) is 18.5 Å². The summed E-state index contributed by atoms with van der Waals surface area (Å²) in [6, 6.07) is 9.00. The van der Waals surface area contributed by atoms with Crippen molar-refractivity contribution in [3.8, 4) is 11.8 Å². The van der Waals surface area contributed by atoms with Gasteiger partial charge >= 0.3 is 0 Å². The maximum absolute atomic E-state index is 11.8. The first kappa shape index (κ1) is 19.1. The predicted molar refractivity (Wildman–Crippen MR) is 107 cm³/mol. The zero-order valence-electron chi connectivity index (χ0n) is 16.1. The fourth-order valence-electron chi connectivity index (χ4n) is 3.73. The maximum Gasteiger partial charge on any atom is 0.209 e. The third kappa shape index (κ3) is 3.46. The van der Waals surface area contributed by atoms with Crippen LogP contribution in [-0.4, -0.2) is 54.8 Å². The summed E-state index contributed by atoms with van der Waals surface area (Å²) in [6.45, 7) is 1.42. The Morgan fingerprint density at radius 3 is 2.59 bits per heavy atom. The maximum atomic E-state index is 11.8. The molecule has 3 N–H and O–H groups in total. The number of aliphatic hydroxyl groups excluding tert-OH is 2. The van der Waals surface area contributed by atoms with Gasteiger partial charge < -0.3 is 20.1 Å². The topological polar surface area (TPSA) is 113 Å². The van der Waals surface area contributed by atoms with Gasteiger partial charge in [-0.05, 0) is 31.4 Å². The molecular weight excluding hydrogens is 370 g/mol. The number of nitrogens with zero attached hydrogens (tertiary/aromatic N) is 4. The second kappa shape index (κ2) is 7.62. The predicted octanol–water partition coefficient (Wildman–Crippen LogP) is 1.14. The van der Waals surface area contributed by atoms with Crippen molar-refractivity contribution in [2.24, 2.45) is 5.92 Å². The molecule has 2 aromatic heterocycles. The number of nitrogens with one attached hydrogen (secondary N) is 1. The van der Waals surface area contributed by atoms with Crippen molar-refractivity contribution in [2.75, 3.05) is 12.4 Å². The summed E-state index contributed by atoms with van der Waals surface area (Å²) in [5.74, 6) is 6.05. The van der Waals surface area contributed by atoms with Gasteiger partial charge in [-0.2, -0.15) is 0 Å². The number of fused-ring (bicyclic) bond motifs is 1. The minimum Gasteiger partial charge on any atom is -0.390 e. The normalized spacial score (nSPS) is 23.6. The van der Waals surface area contributed by atoms with Crippen molar-refractivity contribution in [1.29, 1.82) is 0 Å². The van der Waals surface area contributed by atoms with Crippen LogP contribution in [0.1, 0.15) is 30.8 Å². The molecule has 0 radical (unpaired) electrons. The molecule has 1 saturated carbocycles. The number of anilines is 1. The fraction of sp³-hybridized carbons (Fsp3) is 0.333. The Labute approximate surface area is 167 Å². The van der Waals surface area contributed by atoms with E-state index < -0.39 is 24.2 Å². The number of hydrogen-bond acceptors (Lipinski definition) is 7. The molecule has 4 rings (SSSR count). The van der Waals surface area contributed by atoms with Crippen LogP contribution in [0.25, 0.3) is 11.2 Å². The number of aromatic nitrogens is 4. The van der Waals surface area contributed by atoms with E-state index in [1.807, 2.05) is 30.3 Å². The lowest BCUT2D eigenvalue weighted by Crippen LogP contribution is -2.31. The van der Waals surface area contributed by atoms with E-state index in [1.54, 1.807) is 17.9 Å². The molecule has 0 spiro atoms. The molecule has 29 heavy (non-hydrogen) atoms. The van der Waals surface area contributed by atoms with Crippen LogP contribution < -0.4 is 5.32 Å². The molecule has 0 bridgehead atoms. The minimum atomic E-state index is -1.11. The molecule has 1 aliphatic carbocycles. The highest BCUT2D eigenvalue weighted by Crippen LogP contribution is 2.37. The number of carbonyl (C=O) groups is 1. The molecule has 0 aliphatic heterocycles. The van der Waals surface area contributed by atoms with E-state index in [1.165, 1.54) is 6.92 Å². The molecule has 2 heterocycles. The number of carbonyl (C=O) groups excluding carboxylic acids is 1. The van der Waals surface area contributed by atoms with E-state index in [9.17, 15) is 15.0 Å². The van der Waals surface area contributed by atoms with Gasteiger partial charge in [-0.3, -0.25) is 4.79 Å². The fourth-order valence-corrected chi connectivity index (χ4v) is 3.73. The van der Waals surface area contributed by atoms with Crippen molar-refractivity contribution in [3.63, 3.8) is 0 Å². The lowest BCUT2D eigenvalue weighted by Gasteiger charge is -2.18. The van der Waals surface area contributed by atoms with Crippen molar-refractivity contribution < 1.29 is 15.0 Å². The third-order valence-corrected chi connectivity index (χ3v) is 5.28. The Hall–Kier alpha value is -3.28. The van der Waals surface area contributed by atoms with Crippen LogP contribution in [0.3, 0.4) is 0 Å². The molecule has 1 aliphatic rings. The van der Waals surface area contributed by atoms with Crippen LogP contribution in [0.4, 0.5) is 5.82 Å². The van der Waals surface area contributed by atoms with Gasteiger partial charge in [0.25, 0.3) is 0 Å². The average Bonchev–Trinajstić information content (AvgIpc) is 3.28. The molecule has 1 aromatic carbocycles. The summed E-state index contributed by atoms with van der Waals surface area (Å²) in [5, 5.41) is 23.8. The van der Waals surface area contributed by atoms with Crippen LogP contribution in [0, 0.1) is 17.8 Å². The minimum absolute atomic E-state index is 0.150. The average molecular weight is 391 g/mol. The number of rotatable bonds is 3. The monoisotopic (exact) mass is 391 g/mol. The quantitative estimate of drug-likeness (QED) is 0.574. The van der Waals surface area contributed by atoms with Gasteiger partial charge in [-0.15, -0.1) is 0 Å². The first-order valence-electron chi connectivity index (χ1n) is 9.35. The molecule has 4 atom stereocenters. The Bertz CT molecular complexity index is 1120. The van der Waals surface area contributed by atoms with Gasteiger partial charge in [0.15, 0.2) is 17.0 Å². The van der Waals surface area contributed by atoms with E-state index in [0.29, 0.717) is 29.2 Å². The highest BCUT2D eigenvalue weighted by atomic mass is 16.3. The molecule has 148 valence electrons. The van der Waals surface area contributed by atoms with Crippen molar-refractivity contribution in [1.82, 2.24) is 19.5 Å². The Morgan fingerprint density at radius 2 is 1.93 bits per heavy atom. The van der Waals surface area contributed by atoms with E-state index in [4.69, 9.17) is 0 Å². The van der Waals surface area contributed by atoms with Crippen LogP contribution in [0.15, 0.2) is 36.7 Å². The number of aliphatic hydroxyl groups is 2. The van der Waals surface area contributed by atoms with Gasteiger partial charge in [0.2, 0.25) is 5.82 Å². The van der Waals surface area contributed by atoms with Crippen LogP contribution >= 0.6 is 0 Å². The van der Waals surface area contributed by atoms with Crippen molar-refractivity contribution in [3.05, 3.63) is 48.0 Å². The smallest absolute Gasteiger partial charge is 0.209 e. The Balaban J connectivity index is 1.77. The zero-order valence-corrected chi connectivity index (χ0v) is 16.1. The molecular formula is C21H21N5O3.